The van der Waals surface area contributed by atoms with E-state index >= 15 is 0 Å². The minimum atomic E-state index is -2.15. The van der Waals surface area contributed by atoms with Crippen molar-refractivity contribution in [3.05, 3.63) is 23.9 Å². The SMILES string of the molecule is [CH3][Sn]([CH3])([CH3])[c]1ncccc1C1OCCO1. The quantitative estimate of drug-likeness (QED) is 0.778. The van der Waals surface area contributed by atoms with E-state index in [2.05, 4.69) is 25.9 Å². The molecule has 1 aromatic heterocycles. The summed E-state index contributed by atoms with van der Waals surface area (Å²) in [5, 5.41) is 0. The first kappa shape index (κ1) is 11.4. The Balaban J connectivity index is 2.37. The van der Waals surface area contributed by atoms with Gasteiger partial charge < -0.3 is 0 Å². The van der Waals surface area contributed by atoms with Gasteiger partial charge in [0.1, 0.15) is 0 Å². The molecule has 15 heavy (non-hydrogen) atoms. The van der Waals surface area contributed by atoms with Crippen molar-refractivity contribution < 1.29 is 9.47 Å². The van der Waals surface area contributed by atoms with Gasteiger partial charge in [0.15, 0.2) is 0 Å². The summed E-state index contributed by atoms with van der Waals surface area (Å²) in [7, 11) is 0. The van der Waals surface area contributed by atoms with Gasteiger partial charge in [-0.25, -0.2) is 0 Å². The van der Waals surface area contributed by atoms with Crippen LogP contribution in [0.3, 0.4) is 0 Å². The Hall–Kier alpha value is -0.131. The summed E-state index contributed by atoms with van der Waals surface area (Å²) in [6.07, 6.45) is 1.69. The van der Waals surface area contributed by atoms with E-state index in [1.165, 1.54) is 3.71 Å². The first-order chi connectivity index (χ1) is 7.09. The fourth-order valence-electron chi connectivity index (χ4n) is 1.77. The third kappa shape index (κ3) is 2.52. The van der Waals surface area contributed by atoms with Crippen LogP contribution in [0.5, 0.6) is 0 Å². The summed E-state index contributed by atoms with van der Waals surface area (Å²) < 4.78 is 12.4. The molecule has 4 heteroatoms. The van der Waals surface area contributed by atoms with Crippen molar-refractivity contribution in [2.75, 3.05) is 13.2 Å². The number of hydrogen-bond acceptors (Lipinski definition) is 3. The third-order valence-electron chi connectivity index (χ3n) is 2.43. The zero-order chi connectivity index (χ0) is 10.9. The summed E-state index contributed by atoms with van der Waals surface area (Å²) in [6, 6.07) is 4.04. The van der Waals surface area contributed by atoms with Crippen LogP contribution in [0.1, 0.15) is 11.9 Å². The van der Waals surface area contributed by atoms with Gasteiger partial charge in [0.25, 0.3) is 0 Å². The molecule has 3 nitrogen and oxygen atoms in total. The van der Waals surface area contributed by atoms with Gasteiger partial charge in [-0.2, -0.15) is 0 Å². The number of ether oxygens (including phenoxy) is 2. The van der Waals surface area contributed by atoms with Gasteiger partial charge >= 0.3 is 94.8 Å². The van der Waals surface area contributed by atoms with E-state index in [0.717, 1.165) is 5.56 Å². The van der Waals surface area contributed by atoms with Crippen molar-refractivity contribution in [1.29, 1.82) is 0 Å². The molecule has 1 aliphatic rings. The van der Waals surface area contributed by atoms with Gasteiger partial charge in [-0.05, 0) is 0 Å². The van der Waals surface area contributed by atoms with Crippen molar-refractivity contribution in [2.24, 2.45) is 0 Å². The van der Waals surface area contributed by atoms with E-state index in [1.807, 2.05) is 12.3 Å². The van der Waals surface area contributed by atoms with Crippen LogP contribution in [0.2, 0.25) is 14.8 Å². The zero-order valence-electron chi connectivity index (χ0n) is 9.49. The molecule has 0 bridgehead atoms. The Bertz CT molecular complexity index is 343. The molecule has 1 saturated heterocycles. The molecule has 82 valence electrons. The normalized spacial score (nSPS) is 18.3. The first-order valence-electron chi connectivity index (χ1n) is 5.27. The van der Waals surface area contributed by atoms with Crippen molar-refractivity contribution in [3.63, 3.8) is 0 Å². The molecule has 0 spiro atoms. The molecular weight excluding hydrogens is 297 g/mol. The average Bonchev–Trinajstić information content (AvgIpc) is 2.69. The van der Waals surface area contributed by atoms with E-state index in [-0.39, 0.29) is 6.29 Å². The Morgan fingerprint density at radius 1 is 1.27 bits per heavy atom. The van der Waals surface area contributed by atoms with Crippen molar-refractivity contribution >= 4 is 22.1 Å². The maximum absolute atomic E-state index is 5.55. The van der Waals surface area contributed by atoms with Crippen LogP contribution in [0.15, 0.2) is 18.3 Å². The van der Waals surface area contributed by atoms with Crippen LogP contribution in [0, 0.1) is 0 Å². The molecule has 0 amide bonds. The number of nitrogens with zero attached hydrogens (tertiary/aromatic N) is 1. The van der Waals surface area contributed by atoms with Crippen LogP contribution < -0.4 is 3.71 Å². The van der Waals surface area contributed by atoms with E-state index in [9.17, 15) is 0 Å². The van der Waals surface area contributed by atoms with E-state index in [0.29, 0.717) is 13.2 Å². The van der Waals surface area contributed by atoms with Gasteiger partial charge in [0.05, 0.1) is 0 Å². The number of rotatable bonds is 2. The molecule has 0 unspecified atom stereocenters. The molecule has 0 radical (unpaired) electrons. The Labute approximate surface area is 94.7 Å². The van der Waals surface area contributed by atoms with Gasteiger partial charge in [-0.15, -0.1) is 0 Å². The summed E-state index contributed by atoms with van der Waals surface area (Å²) in [5.41, 5.74) is 1.15. The van der Waals surface area contributed by atoms with E-state index in [1.54, 1.807) is 0 Å². The molecule has 1 aliphatic heterocycles. The predicted octanol–water partition coefficient (Wildman–Crippen LogP) is 1.67. The molecular formula is C11H17NO2Sn. The molecule has 0 aromatic carbocycles. The maximum atomic E-state index is 5.55. The topological polar surface area (TPSA) is 31.4 Å². The van der Waals surface area contributed by atoms with Crippen molar-refractivity contribution in [3.8, 4) is 0 Å². The van der Waals surface area contributed by atoms with Crippen LogP contribution in [-0.2, 0) is 9.47 Å². The summed E-state index contributed by atoms with van der Waals surface area (Å²) in [5.74, 6) is 0. The van der Waals surface area contributed by atoms with Gasteiger partial charge in [0.2, 0.25) is 0 Å². The van der Waals surface area contributed by atoms with Crippen LogP contribution in [-0.4, -0.2) is 36.6 Å². The molecule has 1 fully saturated rings. The van der Waals surface area contributed by atoms with Crippen molar-refractivity contribution in [1.82, 2.24) is 4.98 Å². The second-order valence-electron chi connectivity index (χ2n) is 4.76. The third-order valence-corrected chi connectivity index (χ3v) is 7.67. The van der Waals surface area contributed by atoms with Crippen LogP contribution in [0.4, 0.5) is 0 Å². The summed E-state index contributed by atoms with van der Waals surface area (Å²) in [4.78, 5) is 11.6. The molecule has 0 atom stereocenters. The number of hydrogen-bond donors (Lipinski definition) is 0. The minimum absolute atomic E-state index is 0.176. The van der Waals surface area contributed by atoms with E-state index in [4.69, 9.17) is 9.47 Å². The van der Waals surface area contributed by atoms with Crippen molar-refractivity contribution in [2.45, 2.75) is 21.1 Å². The van der Waals surface area contributed by atoms with Gasteiger partial charge in [0, 0.05) is 0 Å². The predicted molar refractivity (Wildman–Crippen MR) is 61.9 cm³/mol. The standard InChI is InChI=1S/C8H8NO2.3CH3.Sn/c1-2-7(6-9-3-1)8-10-4-5-11-8;;;;/h1-3,8H,4-5H2;3*1H3;. The monoisotopic (exact) mass is 315 g/mol. The second-order valence-corrected chi connectivity index (χ2v) is 19.0. The Morgan fingerprint density at radius 2 is 1.93 bits per heavy atom. The Kier molecular flexibility index (Phi) is 3.33. The zero-order valence-corrected chi connectivity index (χ0v) is 12.3. The van der Waals surface area contributed by atoms with Gasteiger partial charge in [-0.3, -0.25) is 0 Å². The fraction of sp³-hybridized carbons (Fsp3) is 0.545. The number of aromatic nitrogens is 1. The second kappa shape index (κ2) is 4.39. The van der Waals surface area contributed by atoms with Crippen LogP contribution in [0.25, 0.3) is 0 Å². The number of pyridine rings is 1. The van der Waals surface area contributed by atoms with Gasteiger partial charge in [-0.1, -0.05) is 0 Å². The average molecular weight is 314 g/mol. The fourth-order valence-corrected chi connectivity index (χ4v) is 6.14. The van der Waals surface area contributed by atoms with E-state index < -0.39 is 18.4 Å². The molecule has 0 saturated carbocycles. The molecule has 0 aliphatic carbocycles. The molecule has 0 N–H and O–H groups in total. The summed E-state index contributed by atoms with van der Waals surface area (Å²) in [6.45, 7) is 1.39. The first-order valence-corrected chi connectivity index (χ1v) is 15.3. The molecule has 2 rings (SSSR count). The van der Waals surface area contributed by atoms with Crippen LogP contribution >= 0.6 is 0 Å². The Morgan fingerprint density at radius 3 is 2.53 bits per heavy atom. The molecule has 2 heterocycles. The molecule has 1 aromatic rings. The summed E-state index contributed by atoms with van der Waals surface area (Å²) >= 11 is -2.15.